The number of nitrogens with zero attached hydrogens (tertiary/aromatic N) is 1. The van der Waals surface area contributed by atoms with Crippen LogP contribution in [0.2, 0.25) is 0 Å². The molecule has 0 bridgehead atoms. The van der Waals surface area contributed by atoms with Crippen molar-refractivity contribution in [2.24, 2.45) is 0 Å². The molecule has 4 nitrogen and oxygen atoms in total. The van der Waals surface area contributed by atoms with Gasteiger partial charge in [0.05, 0.1) is 0 Å². The van der Waals surface area contributed by atoms with Crippen molar-refractivity contribution in [2.45, 2.75) is 32.2 Å². The lowest BCUT2D eigenvalue weighted by molar-refractivity contribution is 0.429. The van der Waals surface area contributed by atoms with Gasteiger partial charge < -0.3 is 15.2 Å². The summed E-state index contributed by atoms with van der Waals surface area (Å²) in [5.41, 5.74) is 1.23. The molecule has 4 heteroatoms. The van der Waals surface area contributed by atoms with Gasteiger partial charge in [0.15, 0.2) is 0 Å². The number of pyridine rings is 1. The quantitative estimate of drug-likeness (QED) is 0.907. The van der Waals surface area contributed by atoms with E-state index in [1.165, 1.54) is 18.5 Å². The van der Waals surface area contributed by atoms with Gasteiger partial charge in [-0.25, -0.2) is 0 Å². The molecule has 1 aliphatic heterocycles. The molecule has 2 aromatic rings. The maximum Gasteiger partial charge on any atom is 0.255 e. The average Bonchev–Trinajstić information content (AvgIpc) is 2.53. The van der Waals surface area contributed by atoms with E-state index in [-0.39, 0.29) is 5.56 Å². The van der Waals surface area contributed by atoms with E-state index >= 15 is 0 Å². The first-order chi connectivity index (χ1) is 10.3. The third-order valence-electron chi connectivity index (χ3n) is 4.30. The lowest BCUT2D eigenvalue weighted by atomic mass is 10.0. The Balaban J connectivity index is 1.96. The normalized spacial score (nSPS) is 16.2. The van der Waals surface area contributed by atoms with Gasteiger partial charge in [0.1, 0.15) is 0 Å². The summed E-state index contributed by atoms with van der Waals surface area (Å²) in [6.45, 7) is 5.48. The molecule has 1 aromatic heterocycles. The summed E-state index contributed by atoms with van der Waals surface area (Å²) in [5.74, 6) is 0. The zero-order chi connectivity index (χ0) is 14.7. The summed E-state index contributed by atoms with van der Waals surface area (Å²) in [7, 11) is 0. The van der Waals surface area contributed by atoms with E-state index < -0.39 is 0 Å². The van der Waals surface area contributed by atoms with E-state index in [1.807, 2.05) is 12.1 Å². The molecule has 1 saturated heterocycles. The van der Waals surface area contributed by atoms with Crippen molar-refractivity contribution in [1.82, 2.24) is 10.3 Å². The Labute approximate surface area is 125 Å². The SMILES string of the molecule is CCCN(c1ccc2c(=O)[nH]ccc2c1)C1CCNCC1. The standard InChI is InChI=1S/C17H23N3O/c1-2-11-20(14-6-8-18-9-7-14)15-3-4-16-13(12-15)5-10-19-17(16)21/h3-5,10,12,14,18H,2,6-9,11H2,1H3,(H,19,21). The van der Waals surface area contributed by atoms with Gasteiger partial charge in [0.25, 0.3) is 5.56 Å². The number of rotatable bonds is 4. The average molecular weight is 285 g/mol. The van der Waals surface area contributed by atoms with Crippen molar-refractivity contribution in [3.8, 4) is 0 Å². The van der Waals surface area contributed by atoms with Crippen molar-refractivity contribution in [1.29, 1.82) is 0 Å². The Morgan fingerprint density at radius 2 is 2.05 bits per heavy atom. The number of hydrogen-bond acceptors (Lipinski definition) is 3. The van der Waals surface area contributed by atoms with Crippen LogP contribution in [0.3, 0.4) is 0 Å². The van der Waals surface area contributed by atoms with E-state index in [4.69, 9.17) is 0 Å². The molecule has 1 aromatic carbocycles. The number of fused-ring (bicyclic) bond motifs is 1. The summed E-state index contributed by atoms with van der Waals surface area (Å²) < 4.78 is 0. The summed E-state index contributed by atoms with van der Waals surface area (Å²) in [6, 6.07) is 8.78. The molecule has 0 atom stereocenters. The number of piperidine rings is 1. The van der Waals surface area contributed by atoms with Crippen LogP contribution in [0.4, 0.5) is 5.69 Å². The Hall–Kier alpha value is -1.81. The lowest BCUT2D eigenvalue weighted by Gasteiger charge is -2.36. The van der Waals surface area contributed by atoms with Crippen LogP contribution >= 0.6 is 0 Å². The van der Waals surface area contributed by atoms with Crippen molar-refractivity contribution < 1.29 is 0 Å². The molecule has 0 aliphatic carbocycles. The lowest BCUT2D eigenvalue weighted by Crippen LogP contribution is -2.43. The Kier molecular flexibility index (Phi) is 4.25. The van der Waals surface area contributed by atoms with Crippen LogP contribution in [0, 0.1) is 0 Å². The second kappa shape index (κ2) is 6.31. The maximum atomic E-state index is 11.8. The molecule has 0 radical (unpaired) electrons. The number of aromatic amines is 1. The van der Waals surface area contributed by atoms with Crippen molar-refractivity contribution in [3.05, 3.63) is 40.8 Å². The van der Waals surface area contributed by atoms with Crippen molar-refractivity contribution in [3.63, 3.8) is 0 Å². The number of hydrogen-bond donors (Lipinski definition) is 2. The molecular formula is C17H23N3O. The minimum atomic E-state index is -0.0112. The second-order valence-corrected chi connectivity index (χ2v) is 5.75. The zero-order valence-electron chi connectivity index (χ0n) is 12.6. The highest BCUT2D eigenvalue weighted by atomic mass is 16.1. The van der Waals surface area contributed by atoms with E-state index in [9.17, 15) is 4.79 Å². The van der Waals surface area contributed by atoms with Gasteiger partial charge in [0, 0.05) is 29.9 Å². The van der Waals surface area contributed by atoms with Crippen LogP contribution < -0.4 is 15.8 Å². The molecule has 0 unspecified atom stereocenters. The number of aromatic nitrogens is 1. The first-order valence-corrected chi connectivity index (χ1v) is 7.88. The van der Waals surface area contributed by atoms with Gasteiger partial charge in [-0.15, -0.1) is 0 Å². The Morgan fingerprint density at radius 1 is 1.24 bits per heavy atom. The highest BCUT2D eigenvalue weighted by Gasteiger charge is 2.20. The molecule has 3 rings (SSSR count). The summed E-state index contributed by atoms with van der Waals surface area (Å²) in [5, 5.41) is 5.21. The third-order valence-corrected chi connectivity index (χ3v) is 4.30. The first-order valence-electron chi connectivity index (χ1n) is 7.88. The van der Waals surface area contributed by atoms with Crippen LogP contribution in [-0.4, -0.2) is 30.7 Å². The molecule has 1 aliphatic rings. The molecule has 21 heavy (non-hydrogen) atoms. The third kappa shape index (κ3) is 2.95. The van der Waals surface area contributed by atoms with Crippen LogP contribution in [-0.2, 0) is 0 Å². The number of nitrogens with one attached hydrogen (secondary N) is 2. The zero-order valence-corrected chi connectivity index (χ0v) is 12.6. The fourth-order valence-electron chi connectivity index (χ4n) is 3.24. The van der Waals surface area contributed by atoms with Gasteiger partial charge in [0.2, 0.25) is 0 Å². The van der Waals surface area contributed by atoms with E-state index in [1.54, 1.807) is 6.20 Å². The number of H-pyrrole nitrogens is 1. The topological polar surface area (TPSA) is 48.1 Å². The molecule has 2 heterocycles. The Morgan fingerprint density at radius 3 is 2.81 bits per heavy atom. The highest BCUT2D eigenvalue weighted by Crippen LogP contribution is 2.25. The molecule has 112 valence electrons. The van der Waals surface area contributed by atoms with Crippen molar-refractivity contribution >= 4 is 16.5 Å². The van der Waals surface area contributed by atoms with Crippen LogP contribution in [0.5, 0.6) is 0 Å². The molecular weight excluding hydrogens is 262 g/mol. The van der Waals surface area contributed by atoms with Crippen LogP contribution in [0.15, 0.2) is 35.3 Å². The second-order valence-electron chi connectivity index (χ2n) is 5.75. The number of benzene rings is 1. The largest absolute Gasteiger partial charge is 0.368 e. The van der Waals surface area contributed by atoms with Crippen molar-refractivity contribution in [2.75, 3.05) is 24.5 Å². The molecule has 0 spiro atoms. The van der Waals surface area contributed by atoms with E-state index in [2.05, 4.69) is 34.3 Å². The van der Waals surface area contributed by atoms with E-state index in [0.717, 1.165) is 36.8 Å². The fraction of sp³-hybridized carbons (Fsp3) is 0.471. The molecule has 0 saturated carbocycles. The van der Waals surface area contributed by atoms with Crippen LogP contribution in [0.25, 0.3) is 10.8 Å². The number of anilines is 1. The predicted molar refractivity (Wildman–Crippen MR) is 88.1 cm³/mol. The summed E-state index contributed by atoms with van der Waals surface area (Å²) in [6.07, 6.45) is 5.24. The molecule has 0 amide bonds. The maximum absolute atomic E-state index is 11.8. The minimum Gasteiger partial charge on any atom is -0.368 e. The summed E-state index contributed by atoms with van der Waals surface area (Å²) in [4.78, 5) is 17.1. The smallest absolute Gasteiger partial charge is 0.255 e. The monoisotopic (exact) mass is 285 g/mol. The minimum absolute atomic E-state index is 0.0112. The van der Waals surface area contributed by atoms with Gasteiger partial charge >= 0.3 is 0 Å². The molecule has 1 fully saturated rings. The highest BCUT2D eigenvalue weighted by molar-refractivity contribution is 5.85. The van der Waals surface area contributed by atoms with E-state index in [0.29, 0.717) is 6.04 Å². The van der Waals surface area contributed by atoms with Gasteiger partial charge in [-0.05, 0) is 62.0 Å². The first kappa shape index (κ1) is 14.1. The van der Waals surface area contributed by atoms with Gasteiger partial charge in [-0.1, -0.05) is 6.92 Å². The van der Waals surface area contributed by atoms with Gasteiger partial charge in [-0.3, -0.25) is 4.79 Å². The summed E-state index contributed by atoms with van der Waals surface area (Å²) >= 11 is 0. The predicted octanol–water partition coefficient (Wildman–Crippen LogP) is 2.50. The molecule has 2 N–H and O–H groups in total. The van der Waals surface area contributed by atoms with Gasteiger partial charge in [-0.2, -0.15) is 0 Å². The Bertz CT molecular complexity index is 658. The fourth-order valence-corrected chi connectivity index (χ4v) is 3.24. The van der Waals surface area contributed by atoms with Crippen LogP contribution in [0.1, 0.15) is 26.2 Å².